The summed E-state index contributed by atoms with van der Waals surface area (Å²) in [5.41, 5.74) is 5.13. The predicted molar refractivity (Wildman–Crippen MR) is 47.7 cm³/mol. The minimum atomic E-state index is -0.181. The first-order valence-corrected chi connectivity index (χ1v) is 4.29. The van der Waals surface area contributed by atoms with Crippen LogP contribution >= 0.6 is 0 Å². The first-order valence-electron chi connectivity index (χ1n) is 4.29. The number of carbonyl (C=O) groups excluding carboxylic acids is 1. The number of hydrogen-bond acceptors (Lipinski definition) is 3. The van der Waals surface area contributed by atoms with Crippen molar-refractivity contribution in [2.45, 2.75) is 12.5 Å². The predicted octanol–water partition coefficient (Wildman–Crippen LogP) is -0.892. The van der Waals surface area contributed by atoms with Gasteiger partial charge in [-0.1, -0.05) is 0 Å². The van der Waals surface area contributed by atoms with Crippen LogP contribution in [0, 0.1) is 0 Å². The smallest absolute Gasteiger partial charge is 0.236 e. The molecule has 1 rings (SSSR count). The molecule has 1 aliphatic rings. The fourth-order valence-corrected chi connectivity index (χ4v) is 1.28. The minimum Gasteiger partial charge on any atom is -0.368 e. The first kappa shape index (κ1) is 9.48. The SMILES string of the molecule is CN(C)CCCN1CC1C(N)=O. The molecule has 2 atom stereocenters. The van der Waals surface area contributed by atoms with Gasteiger partial charge in [0.2, 0.25) is 5.91 Å². The largest absolute Gasteiger partial charge is 0.368 e. The highest BCUT2D eigenvalue weighted by Gasteiger charge is 2.37. The standard InChI is InChI=1S/C8H17N3O/c1-10(2)4-3-5-11-6-7(11)8(9)12/h7H,3-6H2,1-2H3,(H2,9,12). The second kappa shape index (κ2) is 3.87. The van der Waals surface area contributed by atoms with Crippen molar-refractivity contribution in [1.82, 2.24) is 9.80 Å². The number of nitrogens with two attached hydrogens (primary N) is 1. The summed E-state index contributed by atoms with van der Waals surface area (Å²) in [5, 5.41) is 0. The van der Waals surface area contributed by atoms with E-state index >= 15 is 0 Å². The molecule has 70 valence electrons. The van der Waals surface area contributed by atoms with Crippen molar-refractivity contribution in [3.63, 3.8) is 0 Å². The molecule has 0 radical (unpaired) electrons. The van der Waals surface area contributed by atoms with Gasteiger partial charge >= 0.3 is 0 Å². The van der Waals surface area contributed by atoms with Crippen LogP contribution in [0.4, 0.5) is 0 Å². The first-order chi connectivity index (χ1) is 5.61. The Morgan fingerprint density at radius 2 is 2.33 bits per heavy atom. The highest BCUT2D eigenvalue weighted by molar-refractivity contribution is 5.82. The van der Waals surface area contributed by atoms with Gasteiger partial charge in [0, 0.05) is 13.1 Å². The van der Waals surface area contributed by atoms with Gasteiger partial charge in [-0.25, -0.2) is 0 Å². The van der Waals surface area contributed by atoms with E-state index in [4.69, 9.17) is 5.73 Å². The summed E-state index contributed by atoms with van der Waals surface area (Å²) in [7, 11) is 4.10. The fourth-order valence-electron chi connectivity index (χ4n) is 1.28. The molecule has 12 heavy (non-hydrogen) atoms. The molecule has 0 spiro atoms. The third-order valence-corrected chi connectivity index (χ3v) is 2.09. The van der Waals surface area contributed by atoms with E-state index in [-0.39, 0.29) is 11.9 Å². The lowest BCUT2D eigenvalue weighted by Crippen LogP contribution is -2.23. The van der Waals surface area contributed by atoms with Crippen molar-refractivity contribution < 1.29 is 4.79 Å². The summed E-state index contributed by atoms with van der Waals surface area (Å²) >= 11 is 0. The van der Waals surface area contributed by atoms with Crippen LogP contribution in [0.15, 0.2) is 0 Å². The van der Waals surface area contributed by atoms with Crippen LogP contribution in [0.2, 0.25) is 0 Å². The van der Waals surface area contributed by atoms with Gasteiger partial charge in [-0.2, -0.15) is 0 Å². The Bertz CT molecular complexity index is 170. The summed E-state index contributed by atoms with van der Waals surface area (Å²) in [6.07, 6.45) is 1.11. The molecule has 0 aromatic heterocycles. The molecule has 1 aliphatic heterocycles. The maximum absolute atomic E-state index is 10.6. The minimum absolute atomic E-state index is 0.0344. The lowest BCUT2D eigenvalue weighted by atomic mass is 10.4. The average molecular weight is 171 g/mol. The topological polar surface area (TPSA) is 49.3 Å². The summed E-state index contributed by atoms with van der Waals surface area (Å²) in [4.78, 5) is 14.9. The number of primary amides is 1. The fraction of sp³-hybridized carbons (Fsp3) is 0.875. The van der Waals surface area contributed by atoms with Crippen LogP contribution < -0.4 is 5.73 Å². The van der Waals surface area contributed by atoms with E-state index in [0.29, 0.717) is 0 Å². The van der Waals surface area contributed by atoms with E-state index in [0.717, 1.165) is 26.1 Å². The molecule has 2 unspecified atom stereocenters. The molecule has 0 aromatic carbocycles. The number of amides is 1. The van der Waals surface area contributed by atoms with Gasteiger partial charge in [0.1, 0.15) is 6.04 Å². The average Bonchev–Trinajstić information content (AvgIpc) is 2.66. The lowest BCUT2D eigenvalue weighted by Gasteiger charge is -2.08. The molecular weight excluding hydrogens is 154 g/mol. The van der Waals surface area contributed by atoms with Crippen molar-refractivity contribution in [3.05, 3.63) is 0 Å². The summed E-state index contributed by atoms with van der Waals surface area (Å²) in [6.45, 7) is 2.93. The maximum atomic E-state index is 10.6. The van der Waals surface area contributed by atoms with Crippen molar-refractivity contribution in [2.75, 3.05) is 33.7 Å². The monoisotopic (exact) mass is 171 g/mol. The number of rotatable bonds is 5. The van der Waals surface area contributed by atoms with E-state index in [1.54, 1.807) is 0 Å². The molecule has 4 nitrogen and oxygen atoms in total. The van der Waals surface area contributed by atoms with E-state index in [9.17, 15) is 4.79 Å². The Labute approximate surface area is 73.3 Å². The molecule has 0 bridgehead atoms. The molecule has 1 heterocycles. The van der Waals surface area contributed by atoms with Crippen molar-refractivity contribution >= 4 is 5.91 Å². The van der Waals surface area contributed by atoms with Gasteiger partial charge in [0.15, 0.2) is 0 Å². The number of nitrogens with zero attached hydrogens (tertiary/aromatic N) is 2. The molecule has 0 aromatic rings. The van der Waals surface area contributed by atoms with Gasteiger partial charge in [-0.05, 0) is 27.1 Å². The Kier molecular flexibility index (Phi) is 3.05. The van der Waals surface area contributed by atoms with Crippen LogP contribution in [0.25, 0.3) is 0 Å². The summed E-state index contributed by atoms with van der Waals surface area (Å²) in [5.74, 6) is -0.181. The molecule has 1 fully saturated rings. The van der Waals surface area contributed by atoms with Crippen LogP contribution in [-0.2, 0) is 4.79 Å². The van der Waals surface area contributed by atoms with Crippen LogP contribution in [0.1, 0.15) is 6.42 Å². The zero-order chi connectivity index (χ0) is 9.14. The molecule has 1 amide bonds. The second-order valence-corrected chi connectivity index (χ2v) is 3.57. The Morgan fingerprint density at radius 3 is 2.75 bits per heavy atom. The van der Waals surface area contributed by atoms with Gasteiger partial charge < -0.3 is 10.6 Å². The quantitative estimate of drug-likeness (QED) is 0.546. The third kappa shape index (κ3) is 2.79. The Morgan fingerprint density at radius 1 is 1.67 bits per heavy atom. The van der Waals surface area contributed by atoms with Crippen LogP contribution in [-0.4, -0.2) is 55.5 Å². The van der Waals surface area contributed by atoms with Crippen molar-refractivity contribution in [1.29, 1.82) is 0 Å². The zero-order valence-electron chi connectivity index (χ0n) is 7.79. The normalized spacial score (nSPS) is 27.6. The molecular formula is C8H17N3O. The maximum Gasteiger partial charge on any atom is 0.236 e. The van der Waals surface area contributed by atoms with Crippen LogP contribution in [0.3, 0.4) is 0 Å². The van der Waals surface area contributed by atoms with Gasteiger partial charge in [-0.3, -0.25) is 9.69 Å². The Hall–Kier alpha value is -0.610. The molecule has 4 heteroatoms. The summed E-state index contributed by atoms with van der Waals surface area (Å²) in [6, 6.07) is 0.0344. The number of carbonyl (C=O) groups is 1. The van der Waals surface area contributed by atoms with Gasteiger partial charge in [0.25, 0.3) is 0 Å². The highest BCUT2D eigenvalue weighted by Crippen LogP contribution is 2.16. The molecule has 1 saturated heterocycles. The molecule has 2 N–H and O–H groups in total. The van der Waals surface area contributed by atoms with E-state index in [2.05, 4.69) is 9.80 Å². The third-order valence-electron chi connectivity index (χ3n) is 2.09. The zero-order valence-corrected chi connectivity index (χ0v) is 7.79. The molecule has 0 saturated carbocycles. The van der Waals surface area contributed by atoms with Crippen molar-refractivity contribution in [3.8, 4) is 0 Å². The summed E-state index contributed by atoms with van der Waals surface area (Å²) < 4.78 is 0. The highest BCUT2D eigenvalue weighted by atomic mass is 16.1. The van der Waals surface area contributed by atoms with Crippen molar-refractivity contribution in [2.24, 2.45) is 5.73 Å². The molecule has 0 aliphatic carbocycles. The van der Waals surface area contributed by atoms with Crippen LogP contribution in [0.5, 0.6) is 0 Å². The second-order valence-electron chi connectivity index (χ2n) is 3.57. The van der Waals surface area contributed by atoms with E-state index in [1.165, 1.54) is 0 Å². The number of hydrogen-bond donors (Lipinski definition) is 1. The van der Waals surface area contributed by atoms with E-state index < -0.39 is 0 Å². The van der Waals surface area contributed by atoms with Gasteiger partial charge in [-0.15, -0.1) is 0 Å². The Balaban J connectivity index is 2.01. The lowest BCUT2D eigenvalue weighted by molar-refractivity contribution is -0.118. The van der Waals surface area contributed by atoms with E-state index in [1.807, 2.05) is 14.1 Å². The van der Waals surface area contributed by atoms with Gasteiger partial charge in [0.05, 0.1) is 0 Å².